The van der Waals surface area contributed by atoms with Crippen molar-refractivity contribution in [3.05, 3.63) is 29.8 Å². The van der Waals surface area contributed by atoms with Crippen LogP contribution in [0.25, 0.3) is 0 Å². The quantitative estimate of drug-likeness (QED) is 0.792. The fourth-order valence-electron chi connectivity index (χ4n) is 1.01. The molecule has 78 valence electrons. The highest BCUT2D eigenvalue weighted by atomic mass is 32.2. The van der Waals surface area contributed by atoms with E-state index in [1.807, 2.05) is 0 Å². The molecule has 0 amide bonds. The number of benzene rings is 1. The molecule has 0 saturated carbocycles. The molecular formula is C8H8F2O3S. The number of halogens is 2. The van der Waals surface area contributed by atoms with Gasteiger partial charge in [0.2, 0.25) is 6.43 Å². The molecule has 0 aliphatic rings. The van der Waals surface area contributed by atoms with Gasteiger partial charge in [-0.3, -0.25) is 4.55 Å². The summed E-state index contributed by atoms with van der Waals surface area (Å²) in [6.07, 6.45) is -3.06. The third kappa shape index (κ3) is 3.04. The van der Waals surface area contributed by atoms with Crippen LogP contribution < -0.4 is 0 Å². The van der Waals surface area contributed by atoms with E-state index in [1.165, 1.54) is 12.1 Å². The third-order valence-electron chi connectivity index (χ3n) is 1.59. The van der Waals surface area contributed by atoms with Gasteiger partial charge in [-0.2, -0.15) is 8.42 Å². The topological polar surface area (TPSA) is 54.4 Å². The highest BCUT2D eigenvalue weighted by molar-refractivity contribution is 7.85. The molecule has 0 aromatic heterocycles. The van der Waals surface area contributed by atoms with Gasteiger partial charge in [-0.15, -0.1) is 0 Å². The van der Waals surface area contributed by atoms with Crippen molar-refractivity contribution in [2.75, 3.05) is 0 Å². The van der Waals surface area contributed by atoms with E-state index in [4.69, 9.17) is 4.55 Å². The normalized spacial score (nSPS) is 12.0. The molecule has 0 heterocycles. The maximum atomic E-state index is 11.9. The van der Waals surface area contributed by atoms with Crippen LogP contribution in [0.15, 0.2) is 29.2 Å². The van der Waals surface area contributed by atoms with E-state index >= 15 is 0 Å². The van der Waals surface area contributed by atoms with Crippen molar-refractivity contribution in [3.63, 3.8) is 0 Å². The van der Waals surface area contributed by atoms with Crippen molar-refractivity contribution in [1.82, 2.24) is 0 Å². The zero-order valence-electron chi connectivity index (χ0n) is 7.02. The van der Waals surface area contributed by atoms with Crippen LogP contribution in [0.5, 0.6) is 0 Å². The van der Waals surface area contributed by atoms with Crippen molar-refractivity contribution >= 4 is 10.1 Å². The molecule has 0 spiro atoms. The minimum atomic E-state index is -4.31. The van der Waals surface area contributed by atoms with Gasteiger partial charge in [-0.25, -0.2) is 8.78 Å². The van der Waals surface area contributed by atoms with Crippen LogP contribution in [0.3, 0.4) is 0 Å². The average Bonchev–Trinajstić information content (AvgIpc) is 2.01. The van der Waals surface area contributed by atoms with E-state index in [0.29, 0.717) is 0 Å². The van der Waals surface area contributed by atoms with Gasteiger partial charge in [0.05, 0.1) is 4.90 Å². The smallest absolute Gasteiger partial charge is 0.282 e. The maximum absolute atomic E-state index is 11.9. The molecule has 6 heteroatoms. The van der Waals surface area contributed by atoms with E-state index in [9.17, 15) is 17.2 Å². The molecule has 1 rings (SSSR count). The van der Waals surface area contributed by atoms with E-state index in [2.05, 4.69) is 0 Å². The summed E-state index contributed by atoms with van der Waals surface area (Å²) in [6, 6.07) is 4.85. The van der Waals surface area contributed by atoms with Crippen molar-refractivity contribution < 1.29 is 21.8 Å². The van der Waals surface area contributed by atoms with Crippen molar-refractivity contribution in [2.45, 2.75) is 17.7 Å². The largest absolute Gasteiger partial charge is 0.294 e. The van der Waals surface area contributed by atoms with Gasteiger partial charge < -0.3 is 0 Å². The van der Waals surface area contributed by atoms with Gasteiger partial charge in [0, 0.05) is 6.42 Å². The van der Waals surface area contributed by atoms with E-state index in [0.717, 1.165) is 12.1 Å². The monoisotopic (exact) mass is 222 g/mol. The van der Waals surface area contributed by atoms with Crippen LogP contribution in [-0.2, 0) is 16.5 Å². The Hall–Kier alpha value is -1.01. The predicted octanol–water partition coefficient (Wildman–Crippen LogP) is 1.74. The summed E-state index contributed by atoms with van der Waals surface area (Å²) in [5.74, 6) is 0. The number of alkyl halides is 2. The Morgan fingerprint density at radius 2 is 2.00 bits per heavy atom. The summed E-state index contributed by atoms with van der Waals surface area (Å²) in [7, 11) is -4.31. The van der Waals surface area contributed by atoms with Crippen molar-refractivity contribution in [1.29, 1.82) is 0 Å². The standard InChI is InChI=1S/C8H8F2O3S/c9-8(10)5-6-2-1-3-7(4-6)14(11,12)13/h1-4,8H,5H2,(H,11,12,13). The lowest BCUT2D eigenvalue weighted by Gasteiger charge is -2.02. The molecule has 0 saturated heterocycles. The van der Waals surface area contributed by atoms with Crippen LogP contribution in [0.4, 0.5) is 8.78 Å². The molecule has 0 aliphatic carbocycles. The first-order chi connectivity index (χ1) is 6.39. The van der Waals surface area contributed by atoms with E-state index in [1.54, 1.807) is 0 Å². The lowest BCUT2D eigenvalue weighted by molar-refractivity contribution is 0.149. The van der Waals surface area contributed by atoms with Crippen LogP contribution in [-0.4, -0.2) is 19.4 Å². The molecule has 0 aliphatic heterocycles. The van der Waals surface area contributed by atoms with Crippen molar-refractivity contribution in [2.24, 2.45) is 0 Å². The Bertz CT molecular complexity index is 414. The van der Waals surface area contributed by atoms with Crippen molar-refractivity contribution in [3.8, 4) is 0 Å². The summed E-state index contributed by atoms with van der Waals surface area (Å²) in [6.45, 7) is 0. The second-order valence-corrected chi connectivity index (χ2v) is 4.14. The molecular weight excluding hydrogens is 214 g/mol. The van der Waals surface area contributed by atoms with Gasteiger partial charge in [0.1, 0.15) is 0 Å². The van der Waals surface area contributed by atoms with Crippen LogP contribution in [0.1, 0.15) is 5.56 Å². The van der Waals surface area contributed by atoms with Crippen LogP contribution >= 0.6 is 0 Å². The molecule has 0 bridgehead atoms. The Kier molecular flexibility index (Phi) is 3.17. The Labute approximate surface area is 80.1 Å². The molecule has 0 radical (unpaired) electrons. The number of rotatable bonds is 3. The fourth-order valence-corrected chi connectivity index (χ4v) is 1.56. The highest BCUT2D eigenvalue weighted by Gasteiger charge is 2.11. The molecule has 1 aromatic rings. The average molecular weight is 222 g/mol. The molecule has 0 fully saturated rings. The van der Waals surface area contributed by atoms with Crippen LogP contribution in [0, 0.1) is 0 Å². The molecule has 14 heavy (non-hydrogen) atoms. The lowest BCUT2D eigenvalue weighted by Crippen LogP contribution is -2.01. The summed E-state index contributed by atoms with van der Waals surface area (Å²) < 4.78 is 53.8. The molecule has 0 atom stereocenters. The summed E-state index contributed by atoms with van der Waals surface area (Å²) in [5.41, 5.74) is 0.176. The second kappa shape index (κ2) is 4.02. The zero-order chi connectivity index (χ0) is 10.8. The van der Waals surface area contributed by atoms with Gasteiger partial charge in [0.15, 0.2) is 0 Å². The summed E-state index contributed by atoms with van der Waals surface area (Å²) >= 11 is 0. The minimum absolute atomic E-state index is 0.176. The van der Waals surface area contributed by atoms with E-state index < -0.39 is 23.0 Å². The SMILES string of the molecule is O=S(=O)(O)c1cccc(CC(F)F)c1. The first-order valence-electron chi connectivity index (χ1n) is 3.74. The molecule has 1 N–H and O–H groups in total. The second-order valence-electron chi connectivity index (χ2n) is 2.72. The Morgan fingerprint density at radius 3 is 2.50 bits per heavy atom. The highest BCUT2D eigenvalue weighted by Crippen LogP contribution is 2.13. The molecule has 0 unspecified atom stereocenters. The summed E-state index contributed by atoms with van der Waals surface area (Å²) in [4.78, 5) is -0.365. The van der Waals surface area contributed by atoms with Gasteiger partial charge >= 0.3 is 0 Å². The Morgan fingerprint density at radius 1 is 1.36 bits per heavy atom. The lowest BCUT2D eigenvalue weighted by atomic mass is 10.2. The Balaban J connectivity index is 3.02. The maximum Gasteiger partial charge on any atom is 0.294 e. The summed E-state index contributed by atoms with van der Waals surface area (Å²) in [5, 5.41) is 0. The van der Waals surface area contributed by atoms with Crippen LogP contribution in [0.2, 0.25) is 0 Å². The van der Waals surface area contributed by atoms with Gasteiger partial charge in [-0.1, -0.05) is 12.1 Å². The predicted molar refractivity (Wildman–Crippen MR) is 46.0 cm³/mol. The fraction of sp³-hybridized carbons (Fsp3) is 0.250. The number of hydrogen-bond acceptors (Lipinski definition) is 2. The zero-order valence-corrected chi connectivity index (χ0v) is 7.84. The third-order valence-corrected chi connectivity index (χ3v) is 2.44. The first kappa shape index (κ1) is 11.1. The first-order valence-corrected chi connectivity index (χ1v) is 5.18. The minimum Gasteiger partial charge on any atom is -0.282 e. The molecule has 3 nitrogen and oxygen atoms in total. The molecule has 1 aromatic carbocycles. The van der Waals surface area contributed by atoms with Gasteiger partial charge in [-0.05, 0) is 17.7 Å². The van der Waals surface area contributed by atoms with E-state index in [-0.39, 0.29) is 10.5 Å². The van der Waals surface area contributed by atoms with Gasteiger partial charge in [0.25, 0.3) is 10.1 Å². The number of hydrogen-bond donors (Lipinski definition) is 1.